The van der Waals surface area contributed by atoms with E-state index in [1.54, 1.807) is 6.20 Å². The van der Waals surface area contributed by atoms with Gasteiger partial charge in [0.25, 0.3) is 0 Å². The predicted octanol–water partition coefficient (Wildman–Crippen LogP) is 2.26. The maximum absolute atomic E-state index is 11.9. The number of carbonyl (C=O) groups is 1. The first kappa shape index (κ1) is 12.9. The van der Waals surface area contributed by atoms with Gasteiger partial charge in [0.15, 0.2) is 0 Å². The summed E-state index contributed by atoms with van der Waals surface area (Å²) >= 11 is 0. The number of nitrogens with one attached hydrogen (secondary N) is 1. The number of anilines is 1. The van der Waals surface area contributed by atoms with Crippen LogP contribution in [0.3, 0.4) is 0 Å². The molecule has 1 aromatic carbocycles. The van der Waals surface area contributed by atoms with Crippen LogP contribution in [0, 0.1) is 6.92 Å². The molecule has 1 aliphatic carbocycles. The Hall–Kier alpha value is -2.10. The van der Waals surface area contributed by atoms with Crippen molar-refractivity contribution >= 4 is 22.5 Å². The number of hydrogen-bond donors (Lipinski definition) is 1. The van der Waals surface area contributed by atoms with Gasteiger partial charge < -0.3 is 10.2 Å². The van der Waals surface area contributed by atoms with Crippen LogP contribution in [0.15, 0.2) is 30.5 Å². The lowest BCUT2D eigenvalue weighted by Crippen LogP contribution is -2.36. The van der Waals surface area contributed by atoms with Crippen LogP contribution in [0.4, 0.5) is 5.69 Å². The molecule has 20 heavy (non-hydrogen) atoms. The zero-order valence-corrected chi connectivity index (χ0v) is 11.9. The van der Waals surface area contributed by atoms with Crippen LogP contribution in [0.5, 0.6) is 0 Å². The number of fused-ring (bicyclic) bond motifs is 1. The molecule has 1 heterocycles. The third-order valence-electron chi connectivity index (χ3n) is 3.61. The van der Waals surface area contributed by atoms with Crippen LogP contribution in [0.1, 0.15) is 18.4 Å². The lowest BCUT2D eigenvalue weighted by atomic mass is 10.1. The summed E-state index contributed by atoms with van der Waals surface area (Å²) in [6.45, 7) is 2.44. The van der Waals surface area contributed by atoms with Crippen molar-refractivity contribution in [3.63, 3.8) is 0 Å². The van der Waals surface area contributed by atoms with E-state index in [-0.39, 0.29) is 5.91 Å². The standard InChI is InChI=1S/C16H19N3O/c1-11-3-6-14-13(9-11)15(7-8-17-14)19(2)10-16(20)18-12-4-5-12/h3,6-9,12H,4-5,10H2,1-2H3,(H,18,20). The molecule has 0 aliphatic heterocycles. The van der Waals surface area contributed by atoms with Crippen LogP contribution in [0.2, 0.25) is 0 Å². The maximum atomic E-state index is 11.9. The van der Waals surface area contributed by atoms with Crippen molar-refractivity contribution in [2.45, 2.75) is 25.8 Å². The molecule has 1 aromatic heterocycles. The minimum absolute atomic E-state index is 0.0904. The van der Waals surface area contributed by atoms with E-state index in [2.05, 4.69) is 29.4 Å². The minimum atomic E-state index is 0.0904. The molecule has 4 heteroatoms. The van der Waals surface area contributed by atoms with Crippen molar-refractivity contribution in [3.8, 4) is 0 Å². The summed E-state index contributed by atoms with van der Waals surface area (Å²) in [5, 5.41) is 4.11. The van der Waals surface area contributed by atoms with E-state index in [1.165, 1.54) is 5.56 Å². The fourth-order valence-electron chi connectivity index (χ4n) is 2.38. The van der Waals surface area contributed by atoms with Crippen LogP contribution in [-0.2, 0) is 4.79 Å². The smallest absolute Gasteiger partial charge is 0.239 e. The Morgan fingerprint density at radius 1 is 1.40 bits per heavy atom. The van der Waals surface area contributed by atoms with Gasteiger partial charge in [-0.1, -0.05) is 11.6 Å². The molecule has 0 unspecified atom stereocenters. The van der Waals surface area contributed by atoms with Gasteiger partial charge in [-0.15, -0.1) is 0 Å². The Morgan fingerprint density at radius 2 is 2.20 bits per heavy atom. The molecule has 3 rings (SSSR count). The molecule has 1 N–H and O–H groups in total. The van der Waals surface area contributed by atoms with Gasteiger partial charge in [-0.25, -0.2) is 0 Å². The third kappa shape index (κ3) is 2.74. The van der Waals surface area contributed by atoms with Crippen LogP contribution >= 0.6 is 0 Å². The number of carbonyl (C=O) groups excluding carboxylic acids is 1. The Labute approximate surface area is 118 Å². The quantitative estimate of drug-likeness (QED) is 0.926. The summed E-state index contributed by atoms with van der Waals surface area (Å²) in [6.07, 6.45) is 4.03. The first-order valence-electron chi connectivity index (χ1n) is 6.99. The molecule has 0 radical (unpaired) electrons. The highest BCUT2D eigenvalue weighted by Crippen LogP contribution is 2.25. The van der Waals surface area contributed by atoms with Crippen LogP contribution in [-0.4, -0.2) is 30.5 Å². The molecule has 0 saturated heterocycles. The SMILES string of the molecule is Cc1ccc2nccc(N(C)CC(=O)NC3CC3)c2c1. The number of aromatic nitrogens is 1. The van der Waals surface area contributed by atoms with Gasteiger partial charge in [0.1, 0.15) is 0 Å². The molecular formula is C16H19N3O. The second-order valence-electron chi connectivity index (χ2n) is 5.55. The summed E-state index contributed by atoms with van der Waals surface area (Å²) in [7, 11) is 1.95. The highest BCUT2D eigenvalue weighted by molar-refractivity contribution is 5.93. The number of benzene rings is 1. The molecule has 2 aromatic rings. The number of rotatable bonds is 4. The van der Waals surface area contributed by atoms with Gasteiger partial charge in [0.05, 0.1) is 12.1 Å². The predicted molar refractivity (Wildman–Crippen MR) is 80.9 cm³/mol. The van der Waals surface area contributed by atoms with Gasteiger partial charge in [-0.3, -0.25) is 9.78 Å². The summed E-state index contributed by atoms with van der Waals surface area (Å²) in [5.41, 5.74) is 3.20. The van der Waals surface area contributed by atoms with Crippen LogP contribution < -0.4 is 10.2 Å². The molecule has 4 nitrogen and oxygen atoms in total. The van der Waals surface area contributed by atoms with Crippen molar-refractivity contribution in [1.29, 1.82) is 0 Å². The zero-order chi connectivity index (χ0) is 14.1. The monoisotopic (exact) mass is 269 g/mol. The number of pyridine rings is 1. The lowest BCUT2D eigenvalue weighted by Gasteiger charge is -2.20. The average molecular weight is 269 g/mol. The summed E-state index contributed by atoms with van der Waals surface area (Å²) in [5.74, 6) is 0.0904. The molecular weight excluding hydrogens is 250 g/mol. The fraction of sp³-hybridized carbons (Fsp3) is 0.375. The summed E-state index contributed by atoms with van der Waals surface area (Å²) in [4.78, 5) is 18.3. The van der Waals surface area contributed by atoms with Gasteiger partial charge >= 0.3 is 0 Å². The molecule has 0 spiro atoms. The molecule has 104 valence electrons. The number of nitrogens with zero attached hydrogens (tertiary/aromatic N) is 2. The van der Waals surface area contributed by atoms with Crippen molar-refractivity contribution in [3.05, 3.63) is 36.0 Å². The number of likely N-dealkylation sites (N-methyl/N-ethyl adjacent to an activating group) is 1. The summed E-state index contributed by atoms with van der Waals surface area (Å²) < 4.78 is 0. The first-order chi connectivity index (χ1) is 9.63. The van der Waals surface area contributed by atoms with E-state index in [4.69, 9.17) is 0 Å². The Balaban J connectivity index is 1.84. The van der Waals surface area contributed by atoms with Crippen molar-refractivity contribution < 1.29 is 4.79 Å². The molecule has 0 bridgehead atoms. The highest BCUT2D eigenvalue weighted by Gasteiger charge is 2.23. The van der Waals surface area contributed by atoms with Crippen molar-refractivity contribution in [1.82, 2.24) is 10.3 Å². The number of hydrogen-bond acceptors (Lipinski definition) is 3. The number of aryl methyl sites for hydroxylation is 1. The average Bonchev–Trinajstić information content (AvgIpc) is 3.21. The second-order valence-corrected chi connectivity index (χ2v) is 5.55. The van der Waals surface area contributed by atoms with E-state index in [0.717, 1.165) is 29.4 Å². The minimum Gasteiger partial charge on any atom is -0.365 e. The van der Waals surface area contributed by atoms with Crippen LogP contribution in [0.25, 0.3) is 10.9 Å². The molecule has 0 atom stereocenters. The van der Waals surface area contributed by atoms with E-state index >= 15 is 0 Å². The van der Waals surface area contributed by atoms with E-state index in [9.17, 15) is 4.79 Å². The topological polar surface area (TPSA) is 45.2 Å². The second kappa shape index (κ2) is 5.12. The largest absolute Gasteiger partial charge is 0.365 e. The van der Waals surface area contributed by atoms with Gasteiger partial charge in [-0.05, 0) is 38.0 Å². The van der Waals surface area contributed by atoms with Crippen molar-refractivity contribution in [2.75, 3.05) is 18.5 Å². The lowest BCUT2D eigenvalue weighted by molar-refractivity contribution is -0.119. The van der Waals surface area contributed by atoms with Gasteiger partial charge in [0, 0.05) is 30.4 Å². The normalized spacial score (nSPS) is 14.3. The fourth-order valence-corrected chi connectivity index (χ4v) is 2.38. The highest BCUT2D eigenvalue weighted by atomic mass is 16.2. The molecule has 1 amide bonds. The summed E-state index contributed by atoms with van der Waals surface area (Å²) in [6, 6.07) is 8.57. The van der Waals surface area contributed by atoms with E-state index < -0.39 is 0 Å². The molecule has 1 aliphatic rings. The zero-order valence-electron chi connectivity index (χ0n) is 11.9. The molecule has 1 saturated carbocycles. The molecule has 1 fully saturated rings. The Kier molecular flexibility index (Phi) is 3.30. The third-order valence-corrected chi connectivity index (χ3v) is 3.61. The van der Waals surface area contributed by atoms with Gasteiger partial charge in [-0.2, -0.15) is 0 Å². The van der Waals surface area contributed by atoms with E-state index in [1.807, 2.05) is 24.1 Å². The maximum Gasteiger partial charge on any atom is 0.239 e. The van der Waals surface area contributed by atoms with E-state index in [0.29, 0.717) is 12.6 Å². The van der Waals surface area contributed by atoms with Gasteiger partial charge in [0.2, 0.25) is 5.91 Å². The van der Waals surface area contributed by atoms with Crippen molar-refractivity contribution in [2.24, 2.45) is 0 Å². The number of amides is 1. The Morgan fingerprint density at radius 3 is 2.95 bits per heavy atom. The first-order valence-corrected chi connectivity index (χ1v) is 6.99. The Bertz CT molecular complexity index is 649.